The van der Waals surface area contributed by atoms with E-state index >= 15 is 0 Å². The van der Waals surface area contributed by atoms with Crippen LogP contribution in [0.25, 0.3) is 0 Å². The fraction of sp³-hybridized carbons (Fsp3) is 0.462. The van der Waals surface area contributed by atoms with Gasteiger partial charge in [-0.3, -0.25) is 4.79 Å². The van der Waals surface area contributed by atoms with Crippen LogP contribution in [0, 0.1) is 5.92 Å². The van der Waals surface area contributed by atoms with E-state index in [1.54, 1.807) is 23.9 Å². The summed E-state index contributed by atoms with van der Waals surface area (Å²) in [7, 11) is 0. The van der Waals surface area contributed by atoms with Crippen molar-refractivity contribution in [1.29, 1.82) is 0 Å². The van der Waals surface area contributed by atoms with Gasteiger partial charge in [0.15, 0.2) is 0 Å². The Bertz CT molecular complexity index is 368. The number of carbonyl (C=O) groups excluding carboxylic acids is 1. The molecule has 0 heterocycles. The first kappa shape index (κ1) is 13.9. The van der Waals surface area contributed by atoms with Gasteiger partial charge < -0.3 is 11.1 Å². The molecule has 0 saturated heterocycles. The number of nitrogens with one attached hydrogen (secondary N) is 1. The second kappa shape index (κ2) is 7.22. The molecular weight excluding hydrogens is 232 g/mol. The molecule has 0 saturated carbocycles. The van der Waals surface area contributed by atoms with E-state index < -0.39 is 0 Å². The molecule has 4 heteroatoms. The van der Waals surface area contributed by atoms with Crippen molar-refractivity contribution in [3.05, 3.63) is 24.3 Å². The average Bonchev–Trinajstić information content (AvgIpc) is 2.28. The van der Waals surface area contributed by atoms with Crippen molar-refractivity contribution in [3.8, 4) is 0 Å². The molecule has 1 atom stereocenters. The van der Waals surface area contributed by atoms with Gasteiger partial charge in [-0.25, -0.2) is 0 Å². The van der Waals surface area contributed by atoms with Crippen molar-refractivity contribution in [3.63, 3.8) is 0 Å². The lowest BCUT2D eigenvalue weighted by atomic mass is 10.2. The van der Waals surface area contributed by atoms with E-state index in [2.05, 4.69) is 19.2 Å². The lowest BCUT2D eigenvalue weighted by Gasteiger charge is -2.08. The van der Waals surface area contributed by atoms with Crippen molar-refractivity contribution in [2.75, 3.05) is 22.6 Å². The predicted molar refractivity (Wildman–Crippen MR) is 76.3 cm³/mol. The number of benzene rings is 1. The monoisotopic (exact) mass is 252 g/mol. The number of amides is 1. The third-order valence-corrected chi connectivity index (χ3v) is 3.77. The summed E-state index contributed by atoms with van der Waals surface area (Å²) in [6, 6.07) is 7.23. The molecule has 0 spiro atoms. The highest BCUT2D eigenvalue weighted by molar-refractivity contribution is 7.99. The van der Waals surface area contributed by atoms with Crippen LogP contribution in [0.5, 0.6) is 0 Å². The molecule has 1 unspecified atom stereocenters. The second-order valence-electron chi connectivity index (χ2n) is 4.20. The zero-order chi connectivity index (χ0) is 12.7. The largest absolute Gasteiger partial charge is 0.399 e. The number of hydrogen-bond donors (Lipinski definition) is 2. The van der Waals surface area contributed by atoms with Gasteiger partial charge in [-0.05, 0) is 29.9 Å². The zero-order valence-corrected chi connectivity index (χ0v) is 11.2. The molecule has 0 aliphatic heterocycles. The molecule has 3 nitrogen and oxygen atoms in total. The van der Waals surface area contributed by atoms with E-state index in [9.17, 15) is 4.79 Å². The van der Waals surface area contributed by atoms with Crippen molar-refractivity contribution in [1.82, 2.24) is 0 Å². The number of nitrogen functional groups attached to an aromatic ring is 1. The molecule has 1 amide bonds. The minimum Gasteiger partial charge on any atom is -0.399 e. The lowest BCUT2D eigenvalue weighted by Crippen LogP contribution is -2.15. The molecule has 0 aliphatic carbocycles. The molecule has 17 heavy (non-hydrogen) atoms. The number of anilines is 2. The fourth-order valence-electron chi connectivity index (χ4n) is 1.28. The summed E-state index contributed by atoms with van der Waals surface area (Å²) in [6.07, 6.45) is 1.16. The Kier molecular flexibility index (Phi) is 5.91. The lowest BCUT2D eigenvalue weighted by molar-refractivity contribution is -0.113. The molecule has 0 bridgehead atoms. The first-order chi connectivity index (χ1) is 8.11. The Balaban J connectivity index is 2.30. The van der Waals surface area contributed by atoms with Gasteiger partial charge in [0, 0.05) is 11.4 Å². The Morgan fingerprint density at radius 2 is 2.29 bits per heavy atom. The van der Waals surface area contributed by atoms with Crippen LogP contribution in [-0.4, -0.2) is 17.4 Å². The van der Waals surface area contributed by atoms with E-state index in [1.807, 2.05) is 12.1 Å². The predicted octanol–water partition coefficient (Wildman–Crippen LogP) is 2.99. The summed E-state index contributed by atoms with van der Waals surface area (Å²) in [5.74, 6) is 2.23. The highest BCUT2D eigenvalue weighted by atomic mass is 32.2. The van der Waals surface area contributed by atoms with Gasteiger partial charge >= 0.3 is 0 Å². The van der Waals surface area contributed by atoms with Crippen LogP contribution in [0.1, 0.15) is 20.3 Å². The minimum absolute atomic E-state index is 0.0314. The molecule has 1 aromatic carbocycles. The fourth-order valence-corrected chi connectivity index (χ4v) is 2.30. The molecule has 94 valence electrons. The highest BCUT2D eigenvalue weighted by Gasteiger charge is 2.04. The van der Waals surface area contributed by atoms with E-state index in [4.69, 9.17) is 5.73 Å². The first-order valence-electron chi connectivity index (χ1n) is 5.85. The normalized spacial score (nSPS) is 12.1. The summed E-state index contributed by atoms with van der Waals surface area (Å²) in [5, 5.41) is 2.83. The van der Waals surface area contributed by atoms with E-state index in [-0.39, 0.29) is 5.91 Å². The smallest absolute Gasteiger partial charge is 0.234 e. The molecule has 0 aliphatic rings. The summed E-state index contributed by atoms with van der Waals surface area (Å²) in [5.41, 5.74) is 7.06. The number of rotatable bonds is 6. The number of carbonyl (C=O) groups is 1. The first-order valence-corrected chi connectivity index (χ1v) is 7.00. The number of nitrogens with two attached hydrogens (primary N) is 1. The van der Waals surface area contributed by atoms with Crippen molar-refractivity contribution < 1.29 is 4.79 Å². The van der Waals surface area contributed by atoms with Crippen LogP contribution in [0.4, 0.5) is 11.4 Å². The molecule has 3 N–H and O–H groups in total. The Labute approximate surface area is 107 Å². The van der Waals surface area contributed by atoms with Gasteiger partial charge in [0.1, 0.15) is 0 Å². The SMILES string of the molecule is CCC(C)CSCC(=O)Nc1cccc(N)c1. The minimum atomic E-state index is 0.0314. The van der Waals surface area contributed by atoms with Crippen LogP contribution in [0.15, 0.2) is 24.3 Å². The second-order valence-corrected chi connectivity index (χ2v) is 5.23. The maximum absolute atomic E-state index is 11.6. The van der Waals surface area contributed by atoms with Gasteiger partial charge in [-0.15, -0.1) is 0 Å². The third-order valence-electron chi connectivity index (χ3n) is 2.50. The summed E-state index contributed by atoms with van der Waals surface area (Å²) >= 11 is 1.67. The summed E-state index contributed by atoms with van der Waals surface area (Å²) < 4.78 is 0. The quantitative estimate of drug-likeness (QED) is 0.765. The van der Waals surface area contributed by atoms with Gasteiger partial charge in [0.05, 0.1) is 5.75 Å². The van der Waals surface area contributed by atoms with Crippen LogP contribution in [0.2, 0.25) is 0 Å². The summed E-state index contributed by atoms with van der Waals surface area (Å²) in [4.78, 5) is 11.6. The Morgan fingerprint density at radius 1 is 1.53 bits per heavy atom. The Morgan fingerprint density at radius 3 is 2.94 bits per heavy atom. The van der Waals surface area contributed by atoms with Gasteiger partial charge in [0.2, 0.25) is 5.91 Å². The van der Waals surface area contributed by atoms with Gasteiger partial charge in [-0.2, -0.15) is 11.8 Å². The van der Waals surface area contributed by atoms with Crippen molar-refractivity contribution >= 4 is 29.0 Å². The molecule has 0 aromatic heterocycles. The number of hydrogen-bond acceptors (Lipinski definition) is 3. The number of thioether (sulfide) groups is 1. The molecule has 0 fully saturated rings. The Hall–Kier alpha value is -1.16. The molecule has 0 radical (unpaired) electrons. The van der Waals surface area contributed by atoms with Gasteiger partial charge in [0.25, 0.3) is 0 Å². The average molecular weight is 252 g/mol. The van der Waals surface area contributed by atoms with Crippen molar-refractivity contribution in [2.45, 2.75) is 20.3 Å². The summed E-state index contributed by atoms with van der Waals surface area (Å²) in [6.45, 7) is 4.36. The van der Waals surface area contributed by atoms with Gasteiger partial charge in [-0.1, -0.05) is 26.3 Å². The van der Waals surface area contributed by atoms with Crippen LogP contribution in [-0.2, 0) is 4.79 Å². The standard InChI is InChI=1S/C13H20N2OS/c1-3-10(2)8-17-9-13(16)15-12-6-4-5-11(14)7-12/h4-7,10H,3,8-9,14H2,1-2H3,(H,15,16). The zero-order valence-electron chi connectivity index (χ0n) is 10.4. The van der Waals surface area contributed by atoms with Crippen LogP contribution >= 0.6 is 11.8 Å². The van der Waals surface area contributed by atoms with E-state index in [0.717, 1.165) is 17.9 Å². The molecule has 1 aromatic rings. The van der Waals surface area contributed by atoms with Crippen molar-refractivity contribution in [2.24, 2.45) is 5.92 Å². The van der Waals surface area contributed by atoms with Crippen LogP contribution < -0.4 is 11.1 Å². The maximum atomic E-state index is 11.6. The maximum Gasteiger partial charge on any atom is 0.234 e. The van der Waals surface area contributed by atoms with E-state index in [0.29, 0.717) is 17.4 Å². The van der Waals surface area contributed by atoms with E-state index in [1.165, 1.54) is 0 Å². The molecular formula is C13H20N2OS. The van der Waals surface area contributed by atoms with Crippen LogP contribution in [0.3, 0.4) is 0 Å². The highest BCUT2D eigenvalue weighted by Crippen LogP contribution is 2.14. The topological polar surface area (TPSA) is 55.1 Å². The molecule has 1 rings (SSSR count). The third kappa shape index (κ3) is 5.63.